The third kappa shape index (κ3) is 2.24. The van der Waals surface area contributed by atoms with E-state index in [0.29, 0.717) is 19.0 Å². The maximum absolute atomic E-state index is 9.24. The number of hydrogen-bond donors (Lipinski definition) is 1. The molecule has 1 heterocycles. The van der Waals surface area contributed by atoms with Crippen molar-refractivity contribution < 1.29 is 9.94 Å². The van der Waals surface area contributed by atoms with Crippen LogP contribution < -0.4 is 0 Å². The van der Waals surface area contributed by atoms with Crippen LogP contribution in [-0.2, 0) is 4.74 Å². The Bertz CT molecular complexity index is 201. The van der Waals surface area contributed by atoms with Gasteiger partial charge >= 0.3 is 0 Å². The van der Waals surface area contributed by atoms with Crippen LogP contribution in [-0.4, -0.2) is 23.4 Å². The van der Waals surface area contributed by atoms with Gasteiger partial charge in [-0.2, -0.15) is 0 Å². The minimum atomic E-state index is 0.450. The van der Waals surface area contributed by atoms with Crippen LogP contribution in [0.25, 0.3) is 0 Å². The molecule has 11 heavy (non-hydrogen) atoms. The van der Waals surface area contributed by atoms with Gasteiger partial charge in [0.2, 0.25) is 5.88 Å². The van der Waals surface area contributed by atoms with Crippen LogP contribution in [0.1, 0.15) is 6.92 Å². The number of ether oxygens (including phenoxy) is 1. The fourth-order valence-electron chi connectivity index (χ4n) is 0.792. The first-order valence-corrected chi connectivity index (χ1v) is 4.19. The van der Waals surface area contributed by atoms with E-state index in [2.05, 4.69) is 15.9 Å². The number of halogens is 1. The lowest BCUT2D eigenvalue weighted by Crippen LogP contribution is -2.23. The lowest BCUT2D eigenvalue weighted by molar-refractivity contribution is -0.0986. The van der Waals surface area contributed by atoms with Crippen LogP contribution in [0.15, 0.2) is 22.5 Å². The van der Waals surface area contributed by atoms with Crippen LogP contribution in [0.5, 0.6) is 0 Å². The molecule has 0 aromatic carbocycles. The SMILES string of the molecule is CCOC1=CC=C(Br)CN1O. The zero-order valence-electron chi connectivity index (χ0n) is 6.25. The van der Waals surface area contributed by atoms with Crippen LogP contribution >= 0.6 is 15.9 Å². The van der Waals surface area contributed by atoms with E-state index in [0.717, 1.165) is 9.55 Å². The zero-order valence-corrected chi connectivity index (χ0v) is 7.84. The average molecular weight is 220 g/mol. The van der Waals surface area contributed by atoms with E-state index >= 15 is 0 Å². The first-order valence-electron chi connectivity index (χ1n) is 3.39. The van der Waals surface area contributed by atoms with Crippen LogP contribution in [0.4, 0.5) is 0 Å². The Morgan fingerprint density at radius 3 is 3.00 bits per heavy atom. The topological polar surface area (TPSA) is 32.7 Å². The highest BCUT2D eigenvalue weighted by molar-refractivity contribution is 9.11. The molecule has 0 aliphatic carbocycles. The molecule has 0 aromatic heterocycles. The fourth-order valence-corrected chi connectivity index (χ4v) is 1.16. The first kappa shape index (κ1) is 8.62. The molecule has 0 aromatic rings. The molecule has 62 valence electrons. The third-order valence-corrected chi connectivity index (χ3v) is 1.77. The van der Waals surface area contributed by atoms with Gasteiger partial charge in [-0.25, -0.2) is 5.06 Å². The summed E-state index contributed by atoms with van der Waals surface area (Å²) in [6.45, 7) is 2.89. The Hall–Kier alpha value is -0.480. The second-order valence-corrected chi connectivity index (χ2v) is 3.13. The number of nitrogens with zero attached hydrogens (tertiary/aromatic N) is 1. The van der Waals surface area contributed by atoms with Crippen LogP contribution in [0, 0.1) is 0 Å². The minimum Gasteiger partial charge on any atom is -0.478 e. The van der Waals surface area contributed by atoms with E-state index in [9.17, 15) is 5.21 Å². The minimum absolute atomic E-state index is 0.450. The highest BCUT2D eigenvalue weighted by Crippen LogP contribution is 2.17. The van der Waals surface area contributed by atoms with Crippen molar-refractivity contribution in [2.45, 2.75) is 6.92 Å². The third-order valence-electron chi connectivity index (χ3n) is 1.25. The number of hydrogen-bond acceptors (Lipinski definition) is 3. The van der Waals surface area contributed by atoms with E-state index < -0.39 is 0 Å². The van der Waals surface area contributed by atoms with Crippen molar-refractivity contribution in [3.05, 3.63) is 22.5 Å². The van der Waals surface area contributed by atoms with Crippen molar-refractivity contribution in [3.8, 4) is 0 Å². The van der Waals surface area contributed by atoms with E-state index in [1.165, 1.54) is 0 Å². The summed E-state index contributed by atoms with van der Waals surface area (Å²) in [4.78, 5) is 0. The summed E-state index contributed by atoms with van der Waals surface area (Å²) in [5, 5.41) is 10.3. The van der Waals surface area contributed by atoms with Crippen molar-refractivity contribution in [2.24, 2.45) is 0 Å². The van der Waals surface area contributed by atoms with E-state index in [1.54, 1.807) is 6.08 Å². The second-order valence-electron chi connectivity index (χ2n) is 2.11. The van der Waals surface area contributed by atoms with Crippen LogP contribution in [0.3, 0.4) is 0 Å². The van der Waals surface area contributed by atoms with Crippen molar-refractivity contribution in [1.82, 2.24) is 5.06 Å². The standard InChI is InChI=1S/C7H10BrNO2/c1-2-11-7-4-3-6(8)5-9(7)10/h3-4,10H,2,5H2,1H3. The normalized spacial score (nSPS) is 17.5. The summed E-state index contributed by atoms with van der Waals surface area (Å²) in [7, 11) is 0. The summed E-state index contributed by atoms with van der Waals surface area (Å²) in [5.41, 5.74) is 0. The molecular formula is C7H10BrNO2. The molecule has 0 fully saturated rings. The Balaban J connectivity index is 2.62. The summed E-state index contributed by atoms with van der Waals surface area (Å²) in [6.07, 6.45) is 3.58. The predicted octanol–water partition coefficient (Wildman–Crippen LogP) is 1.85. The van der Waals surface area contributed by atoms with Gasteiger partial charge in [0.25, 0.3) is 0 Å². The van der Waals surface area contributed by atoms with Gasteiger partial charge < -0.3 is 4.74 Å². The lowest BCUT2D eigenvalue weighted by atomic mass is 10.4. The van der Waals surface area contributed by atoms with Crippen molar-refractivity contribution in [3.63, 3.8) is 0 Å². The van der Waals surface area contributed by atoms with Gasteiger partial charge in [-0.3, -0.25) is 5.21 Å². The number of rotatable bonds is 2. The Morgan fingerprint density at radius 2 is 2.45 bits per heavy atom. The van der Waals surface area contributed by atoms with Gasteiger partial charge in [-0.15, -0.1) is 0 Å². The molecule has 0 bridgehead atoms. The molecule has 1 N–H and O–H groups in total. The fraction of sp³-hybridized carbons (Fsp3) is 0.429. The molecule has 0 unspecified atom stereocenters. The van der Waals surface area contributed by atoms with Gasteiger partial charge in [0.05, 0.1) is 13.2 Å². The summed E-state index contributed by atoms with van der Waals surface area (Å²) < 4.78 is 6.05. The molecule has 4 heteroatoms. The van der Waals surface area contributed by atoms with Crippen molar-refractivity contribution in [2.75, 3.05) is 13.2 Å². The van der Waals surface area contributed by atoms with Gasteiger partial charge in [0.1, 0.15) is 0 Å². The number of hydroxylamine groups is 2. The average Bonchev–Trinajstić information content (AvgIpc) is 1.95. The van der Waals surface area contributed by atoms with E-state index in [-0.39, 0.29) is 0 Å². The van der Waals surface area contributed by atoms with E-state index in [4.69, 9.17) is 4.74 Å². The lowest BCUT2D eigenvalue weighted by Gasteiger charge is -2.21. The predicted molar refractivity (Wildman–Crippen MR) is 45.2 cm³/mol. The summed E-state index contributed by atoms with van der Waals surface area (Å²) in [6, 6.07) is 0. The number of allylic oxidation sites excluding steroid dienone is 2. The zero-order chi connectivity index (χ0) is 8.27. The molecule has 0 spiro atoms. The van der Waals surface area contributed by atoms with Gasteiger partial charge in [0.15, 0.2) is 0 Å². The maximum atomic E-state index is 9.24. The monoisotopic (exact) mass is 219 g/mol. The van der Waals surface area contributed by atoms with Gasteiger partial charge in [-0.1, -0.05) is 15.9 Å². The molecule has 1 rings (SSSR count). The molecule has 0 saturated heterocycles. The van der Waals surface area contributed by atoms with Crippen molar-refractivity contribution in [1.29, 1.82) is 0 Å². The Morgan fingerprint density at radius 1 is 1.73 bits per heavy atom. The van der Waals surface area contributed by atoms with Gasteiger partial charge in [-0.05, 0) is 13.0 Å². The molecule has 0 amide bonds. The smallest absolute Gasteiger partial charge is 0.213 e. The Kier molecular flexibility index (Phi) is 2.96. The largest absolute Gasteiger partial charge is 0.478 e. The molecular weight excluding hydrogens is 210 g/mol. The first-order chi connectivity index (χ1) is 5.24. The molecule has 0 saturated carbocycles. The summed E-state index contributed by atoms with van der Waals surface area (Å²) >= 11 is 3.27. The quantitative estimate of drug-likeness (QED) is 0.770. The highest BCUT2D eigenvalue weighted by Gasteiger charge is 2.11. The summed E-state index contributed by atoms with van der Waals surface area (Å²) in [5.74, 6) is 0.496. The van der Waals surface area contributed by atoms with Crippen LogP contribution in [0.2, 0.25) is 0 Å². The molecule has 1 aliphatic rings. The van der Waals surface area contributed by atoms with E-state index in [1.807, 2.05) is 13.0 Å². The highest BCUT2D eigenvalue weighted by atomic mass is 79.9. The molecule has 3 nitrogen and oxygen atoms in total. The second kappa shape index (κ2) is 3.78. The molecule has 0 radical (unpaired) electrons. The van der Waals surface area contributed by atoms with Crippen molar-refractivity contribution >= 4 is 15.9 Å². The Labute approximate surface area is 74.0 Å². The maximum Gasteiger partial charge on any atom is 0.213 e. The van der Waals surface area contributed by atoms with Gasteiger partial charge in [0, 0.05) is 10.6 Å². The molecule has 1 aliphatic heterocycles. The molecule has 0 atom stereocenters.